The highest BCUT2D eigenvalue weighted by atomic mass is 35.5. The number of aromatic nitrogens is 4. The predicted molar refractivity (Wildman–Crippen MR) is 91.3 cm³/mol. The second-order valence-corrected chi connectivity index (χ2v) is 5.26. The first-order chi connectivity index (χ1) is 11.7. The van der Waals surface area contributed by atoms with Crippen LogP contribution < -0.4 is 10.6 Å². The molecule has 2 aromatic heterocycles. The molecule has 0 spiro atoms. The Morgan fingerprint density at radius 3 is 2.88 bits per heavy atom. The molecule has 24 heavy (non-hydrogen) atoms. The third-order valence-corrected chi connectivity index (χ3v) is 3.47. The average molecular weight is 345 g/mol. The number of hydrogen-bond donors (Lipinski definition) is 2. The van der Waals surface area contributed by atoms with Crippen LogP contribution in [0, 0.1) is 19.3 Å². The van der Waals surface area contributed by atoms with Crippen molar-refractivity contribution in [3.05, 3.63) is 72.7 Å². The van der Waals surface area contributed by atoms with E-state index >= 15 is 0 Å². The van der Waals surface area contributed by atoms with E-state index in [9.17, 15) is 4.39 Å². The molecule has 6 nitrogen and oxygen atoms in total. The predicted octanol–water partition coefficient (Wildman–Crippen LogP) is 3.67. The Morgan fingerprint density at radius 1 is 1.29 bits per heavy atom. The van der Waals surface area contributed by atoms with Gasteiger partial charge in [0.05, 0.1) is 24.6 Å². The molecule has 122 valence electrons. The van der Waals surface area contributed by atoms with Gasteiger partial charge in [0.2, 0.25) is 5.95 Å². The summed E-state index contributed by atoms with van der Waals surface area (Å²) in [5, 5.41) is 10.4. The van der Waals surface area contributed by atoms with Crippen LogP contribution in [0.2, 0.25) is 5.02 Å². The summed E-state index contributed by atoms with van der Waals surface area (Å²) in [5.41, 5.74) is 1.23. The van der Waals surface area contributed by atoms with Crippen LogP contribution in [0.5, 0.6) is 0 Å². The van der Waals surface area contributed by atoms with Crippen molar-refractivity contribution < 1.29 is 4.39 Å². The molecule has 2 radical (unpaired) electrons. The van der Waals surface area contributed by atoms with Crippen molar-refractivity contribution in [1.82, 2.24) is 19.7 Å². The lowest BCUT2D eigenvalue weighted by molar-refractivity contribution is 0.613. The Balaban J connectivity index is 1.72. The van der Waals surface area contributed by atoms with Crippen molar-refractivity contribution in [1.29, 1.82) is 0 Å². The first kappa shape index (κ1) is 16.2. The van der Waals surface area contributed by atoms with E-state index in [-0.39, 0.29) is 12.4 Å². The number of nitrogens with one attached hydrogen (secondary N) is 2. The van der Waals surface area contributed by atoms with E-state index in [1.165, 1.54) is 12.3 Å². The van der Waals surface area contributed by atoms with E-state index in [0.717, 1.165) is 0 Å². The third-order valence-electron chi connectivity index (χ3n) is 3.19. The molecule has 0 aliphatic carbocycles. The summed E-state index contributed by atoms with van der Waals surface area (Å²) in [7, 11) is 0. The molecule has 3 rings (SSSR count). The number of hydrogen-bond acceptors (Lipinski definition) is 5. The van der Waals surface area contributed by atoms with E-state index in [0.29, 0.717) is 28.0 Å². The molecular formula is C16H14ClFN6. The molecule has 0 aliphatic heterocycles. The molecule has 2 N–H and O–H groups in total. The second-order valence-electron chi connectivity index (χ2n) is 4.85. The van der Waals surface area contributed by atoms with Crippen molar-refractivity contribution in [2.45, 2.75) is 6.54 Å². The fraction of sp³-hybridized carbons (Fsp3) is 0.0625. The zero-order valence-corrected chi connectivity index (χ0v) is 13.3. The van der Waals surface area contributed by atoms with Crippen LogP contribution in [-0.4, -0.2) is 19.7 Å². The molecular weight excluding hydrogens is 331 g/mol. The van der Waals surface area contributed by atoms with Crippen LogP contribution in [0.3, 0.4) is 0 Å². The number of nitrogens with zero attached hydrogens (tertiary/aromatic N) is 4. The van der Waals surface area contributed by atoms with Gasteiger partial charge in [-0.15, -0.1) is 0 Å². The zero-order valence-electron chi connectivity index (χ0n) is 12.6. The fourth-order valence-electron chi connectivity index (χ4n) is 2.00. The smallest absolute Gasteiger partial charge is 0.229 e. The molecule has 3 aromatic rings. The van der Waals surface area contributed by atoms with E-state index < -0.39 is 0 Å². The summed E-state index contributed by atoms with van der Waals surface area (Å²) in [6.07, 6.45) is 4.82. The Bertz CT molecular complexity index is 835. The molecule has 1 aromatic carbocycles. The average Bonchev–Trinajstić information content (AvgIpc) is 3.04. The summed E-state index contributed by atoms with van der Waals surface area (Å²) in [4.78, 5) is 8.41. The van der Waals surface area contributed by atoms with E-state index in [4.69, 9.17) is 11.6 Å². The topological polar surface area (TPSA) is 67.7 Å². The molecule has 0 unspecified atom stereocenters. The third kappa shape index (κ3) is 3.80. The second kappa shape index (κ2) is 7.27. The Morgan fingerprint density at radius 2 is 2.12 bits per heavy atom. The van der Waals surface area contributed by atoms with Gasteiger partial charge < -0.3 is 10.6 Å². The van der Waals surface area contributed by atoms with Crippen molar-refractivity contribution in [2.24, 2.45) is 0 Å². The molecule has 0 saturated carbocycles. The lowest BCUT2D eigenvalue weighted by Gasteiger charge is -2.10. The van der Waals surface area contributed by atoms with Crippen LogP contribution in [0.15, 0.2) is 42.9 Å². The minimum absolute atomic E-state index is 0.261. The molecule has 0 atom stereocenters. The monoisotopic (exact) mass is 344 g/mol. The number of anilines is 3. The maximum Gasteiger partial charge on any atom is 0.229 e. The maximum atomic E-state index is 13.7. The highest BCUT2D eigenvalue weighted by Gasteiger charge is 2.08. The van der Waals surface area contributed by atoms with Crippen molar-refractivity contribution >= 4 is 29.1 Å². The van der Waals surface area contributed by atoms with Crippen LogP contribution in [0.25, 0.3) is 0 Å². The van der Waals surface area contributed by atoms with Crippen LogP contribution in [-0.2, 0) is 6.54 Å². The zero-order chi connectivity index (χ0) is 16.9. The van der Waals surface area contributed by atoms with Gasteiger partial charge in [-0.2, -0.15) is 10.1 Å². The van der Waals surface area contributed by atoms with Gasteiger partial charge in [0.15, 0.2) is 5.82 Å². The summed E-state index contributed by atoms with van der Waals surface area (Å²) in [6, 6.07) is 6.51. The molecule has 0 fully saturated rings. The van der Waals surface area contributed by atoms with E-state index in [1.54, 1.807) is 41.8 Å². The standard InChI is InChI=1S/C16H14ClFN6/c1-2-24-10-12(8-21-24)22-16-20-9-13(17)15(23-16)19-7-11-5-3-4-6-14(11)18/h2-6,8-10H,1,7H2,(H2,19,20,22,23). The van der Waals surface area contributed by atoms with Gasteiger partial charge in [0.1, 0.15) is 10.8 Å². The van der Waals surface area contributed by atoms with Gasteiger partial charge in [0, 0.05) is 18.3 Å². The lowest BCUT2D eigenvalue weighted by atomic mass is 10.2. The number of halogens is 2. The summed E-state index contributed by atoms with van der Waals surface area (Å²) < 4.78 is 15.2. The van der Waals surface area contributed by atoms with Crippen molar-refractivity contribution in [3.63, 3.8) is 0 Å². The SMILES string of the molecule is [CH2][CH]n1cc(Nc2ncc(Cl)c(NCc3ccccc3F)n2)cn1. The highest BCUT2D eigenvalue weighted by molar-refractivity contribution is 6.32. The van der Waals surface area contributed by atoms with Crippen LogP contribution in [0.4, 0.5) is 21.8 Å². The Kier molecular flexibility index (Phi) is 4.90. The molecule has 0 bridgehead atoms. The van der Waals surface area contributed by atoms with Gasteiger partial charge in [0.25, 0.3) is 0 Å². The first-order valence-electron chi connectivity index (χ1n) is 7.09. The van der Waals surface area contributed by atoms with Crippen LogP contribution in [0.1, 0.15) is 5.56 Å². The molecule has 0 saturated heterocycles. The largest absolute Gasteiger partial charge is 0.364 e. The van der Waals surface area contributed by atoms with Crippen molar-refractivity contribution in [3.8, 4) is 0 Å². The minimum Gasteiger partial charge on any atom is -0.364 e. The Labute approximate surface area is 143 Å². The van der Waals surface area contributed by atoms with Crippen molar-refractivity contribution in [2.75, 3.05) is 10.6 Å². The van der Waals surface area contributed by atoms with Gasteiger partial charge in [-0.25, -0.2) is 9.37 Å². The van der Waals surface area contributed by atoms with Crippen LogP contribution >= 0.6 is 11.6 Å². The van der Waals surface area contributed by atoms with E-state index in [1.807, 2.05) is 0 Å². The highest BCUT2D eigenvalue weighted by Crippen LogP contribution is 2.22. The first-order valence-corrected chi connectivity index (χ1v) is 7.47. The molecule has 0 amide bonds. The summed E-state index contributed by atoms with van der Waals surface area (Å²) in [5.74, 6) is 0.470. The molecule has 2 heterocycles. The van der Waals surface area contributed by atoms with E-state index in [2.05, 4.69) is 32.6 Å². The quantitative estimate of drug-likeness (QED) is 0.714. The lowest BCUT2D eigenvalue weighted by Crippen LogP contribution is -2.06. The van der Waals surface area contributed by atoms with Gasteiger partial charge >= 0.3 is 0 Å². The van der Waals surface area contributed by atoms with Gasteiger partial charge in [-0.05, 0) is 13.0 Å². The Hall–Kier alpha value is -2.67. The minimum atomic E-state index is -0.287. The number of rotatable bonds is 6. The maximum absolute atomic E-state index is 13.7. The fourth-order valence-corrected chi connectivity index (χ4v) is 2.16. The number of benzene rings is 1. The molecule has 0 aliphatic rings. The van der Waals surface area contributed by atoms with Gasteiger partial charge in [-0.3, -0.25) is 4.68 Å². The molecule has 8 heteroatoms. The normalized spacial score (nSPS) is 10.6. The summed E-state index contributed by atoms with van der Waals surface area (Å²) >= 11 is 6.09. The summed E-state index contributed by atoms with van der Waals surface area (Å²) in [6.45, 7) is 5.45. The van der Waals surface area contributed by atoms with Gasteiger partial charge in [-0.1, -0.05) is 29.8 Å².